The molecular weight excluding hydrogens is 384 g/mol. The number of hydrogen-bond donors (Lipinski definition) is 2. The minimum atomic E-state index is 0.0617. The molecule has 0 radical (unpaired) electrons. The first kappa shape index (κ1) is 25.4. The molecule has 0 aliphatic heterocycles. The third-order valence-electron chi connectivity index (χ3n) is 6.40. The molecule has 0 unspecified atom stereocenters. The molecule has 2 rings (SSSR count). The second kappa shape index (κ2) is 15.9. The lowest BCUT2D eigenvalue weighted by molar-refractivity contribution is -0.120. The van der Waals surface area contributed by atoms with Crippen molar-refractivity contribution in [3.63, 3.8) is 0 Å². The summed E-state index contributed by atoms with van der Waals surface area (Å²) < 4.78 is 0. The number of anilines is 2. The molecule has 174 valence electrons. The van der Waals surface area contributed by atoms with Gasteiger partial charge in [0.15, 0.2) is 0 Å². The monoisotopic (exact) mass is 428 g/mol. The van der Waals surface area contributed by atoms with Crippen molar-refractivity contribution in [1.82, 2.24) is 0 Å². The van der Waals surface area contributed by atoms with Crippen molar-refractivity contribution < 1.29 is 9.59 Å². The lowest BCUT2D eigenvalue weighted by atomic mass is 9.88. The van der Waals surface area contributed by atoms with Crippen LogP contribution in [0.4, 0.5) is 11.4 Å². The average molecular weight is 429 g/mol. The smallest absolute Gasteiger partial charge is 0.227 e. The summed E-state index contributed by atoms with van der Waals surface area (Å²) in [5.74, 6) is 0.309. The molecule has 0 atom stereocenters. The van der Waals surface area contributed by atoms with Gasteiger partial charge in [-0.25, -0.2) is 0 Å². The Morgan fingerprint density at radius 2 is 1.32 bits per heavy atom. The van der Waals surface area contributed by atoms with E-state index in [1.807, 2.05) is 24.3 Å². The summed E-state index contributed by atoms with van der Waals surface area (Å²) in [6.45, 7) is 2.26. The topological polar surface area (TPSA) is 58.2 Å². The maximum atomic E-state index is 12.4. The van der Waals surface area contributed by atoms with Gasteiger partial charge >= 0.3 is 0 Å². The van der Waals surface area contributed by atoms with E-state index in [1.165, 1.54) is 64.2 Å². The van der Waals surface area contributed by atoms with Crippen LogP contribution in [-0.4, -0.2) is 11.8 Å². The first-order valence-corrected chi connectivity index (χ1v) is 12.9. The van der Waals surface area contributed by atoms with Crippen LogP contribution in [0.15, 0.2) is 24.3 Å². The first-order chi connectivity index (χ1) is 15.2. The van der Waals surface area contributed by atoms with Crippen LogP contribution in [0.2, 0.25) is 0 Å². The number of hydrogen-bond acceptors (Lipinski definition) is 2. The lowest BCUT2D eigenvalue weighted by Gasteiger charge is -2.20. The van der Waals surface area contributed by atoms with Gasteiger partial charge in [-0.2, -0.15) is 0 Å². The van der Waals surface area contributed by atoms with Crippen molar-refractivity contribution in [3.8, 4) is 0 Å². The zero-order valence-corrected chi connectivity index (χ0v) is 19.7. The summed E-state index contributed by atoms with van der Waals surface area (Å²) in [6.07, 6.45) is 20.2. The number of unbranched alkanes of at least 4 members (excludes halogenated alkanes) is 10. The van der Waals surface area contributed by atoms with E-state index in [0.29, 0.717) is 6.42 Å². The maximum Gasteiger partial charge on any atom is 0.227 e. The van der Waals surface area contributed by atoms with Gasteiger partial charge in [0.05, 0.1) is 0 Å². The largest absolute Gasteiger partial charge is 0.326 e. The third-order valence-corrected chi connectivity index (χ3v) is 6.40. The van der Waals surface area contributed by atoms with Crippen molar-refractivity contribution in [2.45, 2.75) is 116 Å². The summed E-state index contributed by atoms with van der Waals surface area (Å²) in [5, 5.41) is 6.01. The van der Waals surface area contributed by atoms with Gasteiger partial charge in [0.1, 0.15) is 0 Å². The molecule has 1 fully saturated rings. The van der Waals surface area contributed by atoms with E-state index in [4.69, 9.17) is 0 Å². The molecule has 0 bridgehead atoms. The summed E-state index contributed by atoms with van der Waals surface area (Å²) >= 11 is 0. The molecule has 4 nitrogen and oxygen atoms in total. The van der Waals surface area contributed by atoms with Gasteiger partial charge in [-0.3, -0.25) is 9.59 Å². The standard InChI is InChI=1S/C27H44N2O2/c1-2-3-4-5-6-7-8-9-10-11-15-21-26(30)28-24-19-16-20-25(22-24)29-27(31)23-17-13-12-14-18-23/h16,19-20,22-23H,2-15,17-18,21H2,1H3,(H,28,30)(H,29,31). The van der Waals surface area contributed by atoms with Crippen molar-refractivity contribution in [2.24, 2.45) is 5.92 Å². The summed E-state index contributed by atoms with van der Waals surface area (Å²) in [5.41, 5.74) is 1.53. The van der Waals surface area contributed by atoms with E-state index >= 15 is 0 Å². The van der Waals surface area contributed by atoms with Gasteiger partial charge in [-0.05, 0) is 37.5 Å². The summed E-state index contributed by atoms with van der Waals surface area (Å²) in [6, 6.07) is 7.52. The molecule has 1 aliphatic rings. The van der Waals surface area contributed by atoms with Crippen LogP contribution in [0, 0.1) is 5.92 Å². The van der Waals surface area contributed by atoms with Crippen molar-refractivity contribution >= 4 is 23.2 Å². The molecule has 4 heteroatoms. The molecule has 0 saturated heterocycles. The number of rotatable bonds is 15. The minimum Gasteiger partial charge on any atom is -0.326 e. The van der Waals surface area contributed by atoms with Crippen LogP contribution in [0.5, 0.6) is 0 Å². The van der Waals surface area contributed by atoms with Gasteiger partial charge in [0, 0.05) is 23.7 Å². The third kappa shape index (κ3) is 11.4. The zero-order chi connectivity index (χ0) is 22.2. The Bertz CT molecular complexity index is 638. The second-order valence-corrected chi connectivity index (χ2v) is 9.24. The predicted molar refractivity (Wildman–Crippen MR) is 131 cm³/mol. The maximum absolute atomic E-state index is 12.4. The molecule has 0 spiro atoms. The van der Waals surface area contributed by atoms with Crippen molar-refractivity contribution in [3.05, 3.63) is 24.3 Å². The predicted octanol–water partition coefficient (Wildman–Crippen LogP) is 7.85. The molecule has 1 saturated carbocycles. The fourth-order valence-corrected chi connectivity index (χ4v) is 4.46. The second-order valence-electron chi connectivity index (χ2n) is 9.24. The highest BCUT2D eigenvalue weighted by Crippen LogP contribution is 2.25. The molecule has 31 heavy (non-hydrogen) atoms. The van der Waals surface area contributed by atoms with Crippen LogP contribution in [0.3, 0.4) is 0 Å². The average Bonchev–Trinajstić information content (AvgIpc) is 2.78. The Morgan fingerprint density at radius 1 is 0.774 bits per heavy atom. The highest BCUT2D eigenvalue weighted by atomic mass is 16.2. The number of benzene rings is 1. The Hall–Kier alpha value is -1.84. The minimum absolute atomic E-state index is 0.0617. The molecular formula is C27H44N2O2. The molecule has 1 aromatic carbocycles. The Kier molecular flexibility index (Phi) is 13.0. The van der Waals surface area contributed by atoms with E-state index in [1.54, 1.807) is 0 Å². The molecule has 2 N–H and O–H groups in total. The number of nitrogens with one attached hydrogen (secondary N) is 2. The summed E-state index contributed by atoms with van der Waals surface area (Å²) in [7, 11) is 0. The Balaban J connectivity index is 1.55. The number of carbonyl (C=O) groups excluding carboxylic acids is 2. The van der Waals surface area contributed by atoms with Crippen LogP contribution < -0.4 is 10.6 Å². The van der Waals surface area contributed by atoms with Crippen LogP contribution >= 0.6 is 0 Å². The van der Waals surface area contributed by atoms with Gasteiger partial charge in [0.2, 0.25) is 11.8 Å². The highest BCUT2D eigenvalue weighted by Gasteiger charge is 2.21. The first-order valence-electron chi connectivity index (χ1n) is 12.9. The molecule has 2 amide bonds. The molecule has 1 aromatic rings. The zero-order valence-electron chi connectivity index (χ0n) is 19.7. The van der Waals surface area contributed by atoms with Gasteiger partial charge in [-0.1, -0.05) is 96.5 Å². The highest BCUT2D eigenvalue weighted by molar-refractivity contribution is 5.95. The fourth-order valence-electron chi connectivity index (χ4n) is 4.46. The normalized spacial score (nSPS) is 14.4. The Labute approximate surface area is 190 Å². The molecule has 1 aliphatic carbocycles. The Morgan fingerprint density at radius 3 is 1.94 bits per heavy atom. The quantitative estimate of drug-likeness (QED) is 0.279. The number of carbonyl (C=O) groups is 2. The van der Waals surface area contributed by atoms with Crippen LogP contribution in [-0.2, 0) is 9.59 Å². The van der Waals surface area contributed by atoms with Gasteiger partial charge in [0.25, 0.3) is 0 Å². The van der Waals surface area contributed by atoms with E-state index in [0.717, 1.165) is 49.9 Å². The van der Waals surface area contributed by atoms with E-state index in [-0.39, 0.29) is 17.7 Å². The van der Waals surface area contributed by atoms with E-state index in [2.05, 4.69) is 17.6 Å². The molecule has 0 aromatic heterocycles. The molecule has 0 heterocycles. The fraction of sp³-hybridized carbons (Fsp3) is 0.704. The summed E-state index contributed by atoms with van der Waals surface area (Å²) in [4.78, 5) is 24.7. The van der Waals surface area contributed by atoms with Crippen molar-refractivity contribution in [2.75, 3.05) is 10.6 Å². The van der Waals surface area contributed by atoms with E-state index < -0.39 is 0 Å². The van der Waals surface area contributed by atoms with Gasteiger partial charge in [-0.15, -0.1) is 0 Å². The van der Waals surface area contributed by atoms with Crippen LogP contribution in [0.1, 0.15) is 116 Å². The van der Waals surface area contributed by atoms with Gasteiger partial charge < -0.3 is 10.6 Å². The number of amides is 2. The van der Waals surface area contributed by atoms with Crippen LogP contribution in [0.25, 0.3) is 0 Å². The lowest BCUT2D eigenvalue weighted by Crippen LogP contribution is -2.24. The van der Waals surface area contributed by atoms with Crippen molar-refractivity contribution in [1.29, 1.82) is 0 Å². The SMILES string of the molecule is CCCCCCCCCCCCCC(=O)Nc1cccc(NC(=O)C2CCCCC2)c1. The van der Waals surface area contributed by atoms with E-state index in [9.17, 15) is 9.59 Å².